The van der Waals surface area contributed by atoms with Gasteiger partial charge in [-0.1, -0.05) is 35.9 Å². The molecule has 3 aromatic carbocycles. The van der Waals surface area contributed by atoms with Gasteiger partial charge in [0.1, 0.15) is 6.61 Å². The number of anilines is 1. The molecule has 0 heterocycles. The van der Waals surface area contributed by atoms with Crippen LogP contribution in [0.2, 0.25) is 5.02 Å². The fourth-order valence-electron chi connectivity index (χ4n) is 3.04. The Labute approximate surface area is 225 Å². The molecular formula is C25H22ClF3IN3O3. The summed E-state index contributed by atoms with van der Waals surface area (Å²) in [5, 5.41) is 7.18. The van der Waals surface area contributed by atoms with Gasteiger partial charge in [0, 0.05) is 16.3 Å². The smallest absolute Gasteiger partial charge is 0.416 e. The quantitative estimate of drug-likeness (QED) is 0.152. The minimum atomic E-state index is -4.46. The van der Waals surface area contributed by atoms with Gasteiger partial charge < -0.3 is 14.8 Å². The van der Waals surface area contributed by atoms with Crippen LogP contribution >= 0.6 is 34.2 Å². The van der Waals surface area contributed by atoms with Gasteiger partial charge in [-0.05, 0) is 71.5 Å². The maximum Gasteiger partial charge on any atom is 0.416 e. The Morgan fingerprint density at radius 3 is 2.61 bits per heavy atom. The van der Waals surface area contributed by atoms with Crippen LogP contribution in [-0.2, 0) is 17.6 Å². The average Bonchev–Trinajstić information content (AvgIpc) is 2.83. The van der Waals surface area contributed by atoms with Gasteiger partial charge in [0.15, 0.2) is 11.5 Å². The fraction of sp³-hybridized carbons (Fsp3) is 0.200. The molecule has 0 saturated heterocycles. The average molecular weight is 632 g/mol. The first-order valence-electron chi connectivity index (χ1n) is 10.7. The molecule has 36 heavy (non-hydrogen) atoms. The van der Waals surface area contributed by atoms with Gasteiger partial charge in [-0.2, -0.15) is 18.3 Å². The van der Waals surface area contributed by atoms with E-state index in [4.69, 9.17) is 21.1 Å². The van der Waals surface area contributed by atoms with Gasteiger partial charge >= 0.3 is 6.18 Å². The SMILES string of the molecule is CCOc1cc(/C=N\NC(=O)CNc2cccc(C(F)(F)F)c2)cc(I)c1OCc1ccccc1Cl. The number of halogens is 5. The molecule has 0 fully saturated rings. The molecule has 11 heteroatoms. The van der Waals surface area contributed by atoms with Gasteiger partial charge in [0.25, 0.3) is 5.91 Å². The lowest BCUT2D eigenvalue weighted by atomic mass is 10.2. The monoisotopic (exact) mass is 631 g/mol. The Hall–Kier alpha value is -2.99. The lowest BCUT2D eigenvalue weighted by Crippen LogP contribution is -2.26. The summed E-state index contributed by atoms with van der Waals surface area (Å²) >= 11 is 8.33. The van der Waals surface area contributed by atoms with E-state index in [1.165, 1.54) is 18.3 Å². The zero-order valence-corrected chi connectivity index (χ0v) is 21.9. The number of nitrogens with one attached hydrogen (secondary N) is 2. The molecule has 0 aliphatic carbocycles. The number of ether oxygens (including phenoxy) is 2. The van der Waals surface area contributed by atoms with Crippen LogP contribution in [0.25, 0.3) is 0 Å². The maximum absolute atomic E-state index is 12.8. The third kappa shape index (κ3) is 8.02. The number of hydrogen-bond acceptors (Lipinski definition) is 5. The summed E-state index contributed by atoms with van der Waals surface area (Å²) in [6.45, 7) is 2.27. The number of hydrazone groups is 1. The summed E-state index contributed by atoms with van der Waals surface area (Å²) in [7, 11) is 0. The van der Waals surface area contributed by atoms with Gasteiger partial charge in [0.2, 0.25) is 0 Å². The second-order valence-electron chi connectivity index (χ2n) is 7.37. The summed E-state index contributed by atoms with van der Waals surface area (Å²) in [5.41, 5.74) is 3.20. The van der Waals surface area contributed by atoms with Crippen LogP contribution in [0.5, 0.6) is 11.5 Å². The summed E-state index contributed by atoms with van der Waals surface area (Å²) in [4.78, 5) is 12.1. The molecule has 3 rings (SSSR count). The molecule has 0 radical (unpaired) electrons. The van der Waals surface area contributed by atoms with Crippen molar-refractivity contribution in [3.63, 3.8) is 0 Å². The van der Waals surface area contributed by atoms with Gasteiger partial charge in [-0.15, -0.1) is 0 Å². The molecule has 0 aromatic heterocycles. The van der Waals surface area contributed by atoms with Crippen molar-refractivity contribution in [2.24, 2.45) is 5.10 Å². The third-order valence-electron chi connectivity index (χ3n) is 4.71. The number of carbonyl (C=O) groups excluding carboxylic acids is 1. The second kappa shape index (κ2) is 12.8. The molecule has 0 aliphatic heterocycles. The van der Waals surface area contributed by atoms with E-state index >= 15 is 0 Å². The van der Waals surface area contributed by atoms with E-state index in [0.717, 1.165) is 21.3 Å². The van der Waals surface area contributed by atoms with Crippen molar-refractivity contribution in [2.45, 2.75) is 19.7 Å². The first-order chi connectivity index (χ1) is 17.2. The van der Waals surface area contributed by atoms with Crippen LogP contribution in [0.4, 0.5) is 18.9 Å². The third-order valence-corrected chi connectivity index (χ3v) is 5.88. The topological polar surface area (TPSA) is 72.0 Å². The highest BCUT2D eigenvalue weighted by Gasteiger charge is 2.30. The highest BCUT2D eigenvalue weighted by molar-refractivity contribution is 14.1. The molecule has 6 nitrogen and oxygen atoms in total. The van der Waals surface area contributed by atoms with Crippen molar-refractivity contribution in [2.75, 3.05) is 18.5 Å². The van der Waals surface area contributed by atoms with Crippen LogP contribution in [-0.4, -0.2) is 25.3 Å². The first-order valence-corrected chi connectivity index (χ1v) is 12.2. The molecule has 0 atom stereocenters. The van der Waals surface area contributed by atoms with Crippen LogP contribution in [0.3, 0.4) is 0 Å². The molecule has 190 valence electrons. The van der Waals surface area contributed by atoms with E-state index in [1.807, 2.05) is 31.2 Å². The van der Waals surface area contributed by atoms with E-state index in [-0.39, 0.29) is 18.8 Å². The van der Waals surface area contributed by atoms with Crippen LogP contribution in [0.1, 0.15) is 23.6 Å². The lowest BCUT2D eigenvalue weighted by molar-refractivity contribution is -0.137. The number of rotatable bonds is 10. The van der Waals surface area contributed by atoms with Crippen molar-refractivity contribution in [1.82, 2.24) is 5.43 Å². The van der Waals surface area contributed by atoms with Crippen LogP contribution < -0.4 is 20.2 Å². The van der Waals surface area contributed by atoms with Crippen LogP contribution in [0.15, 0.2) is 65.8 Å². The summed E-state index contributed by atoms with van der Waals surface area (Å²) in [6, 6.07) is 15.5. The zero-order chi connectivity index (χ0) is 26.1. The number of amides is 1. The number of benzene rings is 3. The van der Waals surface area contributed by atoms with Crippen molar-refractivity contribution in [3.05, 3.63) is 85.9 Å². The van der Waals surface area contributed by atoms with E-state index in [9.17, 15) is 18.0 Å². The predicted molar refractivity (Wildman–Crippen MR) is 142 cm³/mol. The normalized spacial score (nSPS) is 11.4. The lowest BCUT2D eigenvalue weighted by Gasteiger charge is -2.15. The van der Waals surface area contributed by atoms with Gasteiger partial charge in [-0.3, -0.25) is 4.79 Å². The highest BCUT2D eigenvalue weighted by Crippen LogP contribution is 2.35. The molecule has 2 N–H and O–H groups in total. The van der Waals surface area contributed by atoms with Crippen molar-refractivity contribution in [1.29, 1.82) is 0 Å². The molecule has 0 spiro atoms. The Morgan fingerprint density at radius 2 is 1.89 bits per heavy atom. The fourth-order valence-corrected chi connectivity index (χ4v) is 4.01. The zero-order valence-electron chi connectivity index (χ0n) is 19.0. The minimum absolute atomic E-state index is 0.173. The van der Waals surface area contributed by atoms with Crippen molar-refractivity contribution >= 4 is 52.0 Å². The number of nitrogens with zero attached hydrogens (tertiary/aromatic N) is 1. The molecule has 0 saturated carbocycles. The van der Waals surface area contributed by atoms with Crippen LogP contribution in [0, 0.1) is 3.57 Å². The Bertz CT molecular complexity index is 1240. The Morgan fingerprint density at radius 1 is 1.11 bits per heavy atom. The molecule has 0 aliphatic rings. The largest absolute Gasteiger partial charge is 0.490 e. The molecule has 0 bridgehead atoms. The molecular weight excluding hydrogens is 610 g/mol. The van der Waals surface area contributed by atoms with E-state index in [2.05, 4.69) is 38.4 Å². The molecule has 0 unspecified atom stereocenters. The highest BCUT2D eigenvalue weighted by atomic mass is 127. The van der Waals surface area contributed by atoms with E-state index in [0.29, 0.717) is 28.7 Å². The Kier molecular flexibility index (Phi) is 9.82. The van der Waals surface area contributed by atoms with E-state index in [1.54, 1.807) is 12.1 Å². The second-order valence-corrected chi connectivity index (χ2v) is 8.94. The van der Waals surface area contributed by atoms with Crippen molar-refractivity contribution in [3.8, 4) is 11.5 Å². The number of hydrogen-bond donors (Lipinski definition) is 2. The van der Waals surface area contributed by atoms with Crippen molar-refractivity contribution < 1.29 is 27.4 Å². The number of alkyl halides is 3. The molecule has 1 amide bonds. The van der Waals surface area contributed by atoms with E-state index < -0.39 is 17.6 Å². The summed E-state index contributed by atoms with van der Waals surface area (Å²) in [5.74, 6) is 0.544. The minimum Gasteiger partial charge on any atom is -0.490 e. The first kappa shape index (κ1) is 27.6. The maximum atomic E-state index is 12.8. The van der Waals surface area contributed by atoms with Gasteiger partial charge in [-0.25, -0.2) is 5.43 Å². The summed E-state index contributed by atoms with van der Waals surface area (Å²) in [6.07, 6.45) is -3.03. The predicted octanol–water partition coefficient (Wildman–Crippen LogP) is 6.50. The number of carbonyl (C=O) groups is 1. The molecule has 3 aromatic rings. The Balaban J connectivity index is 1.61. The van der Waals surface area contributed by atoms with Gasteiger partial charge in [0.05, 0.1) is 28.5 Å². The standard InChI is InChI=1S/C25H22ClF3IN3O3/c1-2-35-22-11-16(10-21(30)24(22)36-15-17-6-3-4-9-20(17)26)13-32-33-23(34)14-31-19-8-5-7-18(12-19)25(27,28)29/h3-13,31H,2,14-15H2,1H3,(H,33,34)/b32-13-. The summed E-state index contributed by atoms with van der Waals surface area (Å²) < 4.78 is 50.9.